The molecular formula is C11H18N2O2S. The van der Waals surface area contributed by atoms with Gasteiger partial charge in [-0.3, -0.25) is 10.1 Å². The summed E-state index contributed by atoms with van der Waals surface area (Å²) in [6.45, 7) is 3.88. The van der Waals surface area contributed by atoms with E-state index in [2.05, 4.69) is 11.8 Å². The van der Waals surface area contributed by atoms with Gasteiger partial charge in [-0.2, -0.15) is 0 Å². The Kier molecular flexibility index (Phi) is 6.00. The zero-order valence-corrected chi connectivity index (χ0v) is 10.4. The molecule has 0 aliphatic carbocycles. The van der Waals surface area contributed by atoms with Crippen molar-refractivity contribution in [1.29, 1.82) is 0 Å². The van der Waals surface area contributed by atoms with Crippen molar-refractivity contribution < 1.29 is 4.92 Å². The van der Waals surface area contributed by atoms with E-state index < -0.39 is 0 Å². The molecular weight excluding hydrogens is 224 g/mol. The van der Waals surface area contributed by atoms with E-state index in [1.54, 1.807) is 0 Å². The molecule has 0 atom stereocenters. The minimum absolute atomic E-state index is 0.374. The molecule has 0 aromatic heterocycles. The Balaban J connectivity index is 2.42. The second-order valence-electron chi connectivity index (χ2n) is 3.75. The standard InChI is InChI=1S/C11H18N2O2S/c1-2-3-4-5-7-12-8-6-9-16-11(12)10-13(14)15/h6,9-10H,2-5,7-8H2,1H3. The summed E-state index contributed by atoms with van der Waals surface area (Å²) in [6.07, 6.45) is 7.91. The van der Waals surface area contributed by atoms with Gasteiger partial charge in [0.05, 0.1) is 4.92 Å². The fraction of sp³-hybridized carbons (Fsp3) is 0.636. The highest BCUT2D eigenvalue weighted by molar-refractivity contribution is 8.05. The van der Waals surface area contributed by atoms with Gasteiger partial charge in [-0.05, 0) is 11.8 Å². The Morgan fingerprint density at radius 3 is 3.06 bits per heavy atom. The third kappa shape index (κ3) is 4.70. The summed E-state index contributed by atoms with van der Waals surface area (Å²) < 4.78 is 0. The van der Waals surface area contributed by atoms with Crippen LogP contribution in [0.4, 0.5) is 0 Å². The summed E-state index contributed by atoms with van der Waals surface area (Å²) in [4.78, 5) is 12.2. The van der Waals surface area contributed by atoms with Crippen molar-refractivity contribution in [3.63, 3.8) is 0 Å². The molecule has 5 heteroatoms. The van der Waals surface area contributed by atoms with Gasteiger partial charge in [-0.1, -0.05) is 44.0 Å². The van der Waals surface area contributed by atoms with Gasteiger partial charge >= 0.3 is 0 Å². The smallest absolute Gasteiger partial charge is 0.264 e. The van der Waals surface area contributed by atoms with E-state index in [0.717, 1.165) is 30.7 Å². The number of thioether (sulfide) groups is 1. The summed E-state index contributed by atoms with van der Waals surface area (Å²) in [5.74, 6) is 0. The molecule has 4 nitrogen and oxygen atoms in total. The van der Waals surface area contributed by atoms with Crippen LogP contribution in [0.1, 0.15) is 32.6 Å². The van der Waals surface area contributed by atoms with E-state index in [4.69, 9.17) is 0 Å². The number of rotatable bonds is 6. The Labute approximate surface area is 101 Å². The van der Waals surface area contributed by atoms with Crippen molar-refractivity contribution in [2.75, 3.05) is 13.1 Å². The maximum absolute atomic E-state index is 10.5. The van der Waals surface area contributed by atoms with Crippen LogP contribution in [-0.4, -0.2) is 22.9 Å². The highest BCUT2D eigenvalue weighted by Crippen LogP contribution is 2.26. The van der Waals surface area contributed by atoms with Crippen LogP contribution < -0.4 is 0 Å². The molecule has 0 amide bonds. The van der Waals surface area contributed by atoms with Crippen molar-refractivity contribution in [3.05, 3.63) is 32.8 Å². The molecule has 0 aromatic carbocycles. The second kappa shape index (κ2) is 7.33. The lowest BCUT2D eigenvalue weighted by atomic mass is 10.2. The van der Waals surface area contributed by atoms with Crippen LogP contribution >= 0.6 is 11.8 Å². The number of nitrogens with zero attached hydrogens (tertiary/aromatic N) is 2. The van der Waals surface area contributed by atoms with Crippen LogP contribution in [-0.2, 0) is 0 Å². The van der Waals surface area contributed by atoms with Gasteiger partial charge in [0.25, 0.3) is 6.20 Å². The highest BCUT2D eigenvalue weighted by atomic mass is 32.2. The van der Waals surface area contributed by atoms with Crippen molar-refractivity contribution in [2.24, 2.45) is 0 Å². The molecule has 0 bridgehead atoms. The van der Waals surface area contributed by atoms with Crippen LogP contribution in [0.2, 0.25) is 0 Å². The fourth-order valence-electron chi connectivity index (χ4n) is 1.59. The first-order valence-electron chi connectivity index (χ1n) is 5.66. The van der Waals surface area contributed by atoms with Gasteiger partial charge in [-0.15, -0.1) is 0 Å². The van der Waals surface area contributed by atoms with E-state index in [9.17, 15) is 10.1 Å². The largest absolute Gasteiger partial charge is 0.357 e. The Hall–Kier alpha value is -0.970. The number of unbranched alkanes of at least 4 members (excludes halogenated alkanes) is 3. The Bertz CT molecular complexity index is 290. The summed E-state index contributed by atoms with van der Waals surface area (Å²) >= 11 is 1.43. The fourth-order valence-corrected chi connectivity index (χ4v) is 2.37. The topological polar surface area (TPSA) is 46.4 Å². The summed E-state index contributed by atoms with van der Waals surface area (Å²) in [6, 6.07) is 0. The molecule has 0 spiro atoms. The third-order valence-corrected chi connectivity index (χ3v) is 3.35. The van der Waals surface area contributed by atoms with Gasteiger partial charge in [-0.25, -0.2) is 0 Å². The number of hydrogen-bond donors (Lipinski definition) is 0. The predicted molar refractivity (Wildman–Crippen MR) is 67.5 cm³/mol. The summed E-state index contributed by atoms with van der Waals surface area (Å²) in [5.41, 5.74) is 0. The quantitative estimate of drug-likeness (QED) is 0.407. The monoisotopic (exact) mass is 242 g/mol. The van der Waals surface area contributed by atoms with Gasteiger partial charge in [0.1, 0.15) is 5.03 Å². The first-order chi connectivity index (χ1) is 7.74. The van der Waals surface area contributed by atoms with Crippen molar-refractivity contribution in [3.8, 4) is 0 Å². The van der Waals surface area contributed by atoms with Crippen LogP contribution in [0.15, 0.2) is 22.7 Å². The third-order valence-electron chi connectivity index (χ3n) is 2.42. The van der Waals surface area contributed by atoms with E-state index in [-0.39, 0.29) is 4.92 Å². The summed E-state index contributed by atoms with van der Waals surface area (Å²) in [7, 11) is 0. The maximum atomic E-state index is 10.5. The molecule has 1 aliphatic rings. The zero-order chi connectivity index (χ0) is 11.8. The molecule has 0 saturated heterocycles. The normalized spacial score (nSPS) is 18.1. The van der Waals surface area contributed by atoms with E-state index in [0.29, 0.717) is 0 Å². The molecule has 1 aliphatic heterocycles. The predicted octanol–water partition coefficient (Wildman–Crippen LogP) is 3.20. The Morgan fingerprint density at radius 2 is 2.38 bits per heavy atom. The minimum atomic E-state index is -0.374. The van der Waals surface area contributed by atoms with Gasteiger partial charge in [0.2, 0.25) is 0 Å². The number of nitro groups is 1. The lowest BCUT2D eigenvalue weighted by Crippen LogP contribution is -2.25. The number of hydrogen-bond acceptors (Lipinski definition) is 4. The SMILES string of the molecule is CCCCCCN1CC=CSC1=C[N+](=O)[O-]. The molecule has 0 aromatic rings. The molecule has 90 valence electrons. The van der Waals surface area contributed by atoms with Gasteiger partial charge in [0.15, 0.2) is 0 Å². The molecule has 0 fully saturated rings. The first kappa shape index (κ1) is 13.1. The van der Waals surface area contributed by atoms with Crippen molar-refractivity contribution >= 4 is 11.8 Å². The molecule has 16 heavy (non-hydrogen) atoms. The van der Waals surface area contributed by atoms with Crippen LogP contribution in [0.5, 0.6) is 0 Å². The first-order valence-corrected chi connectivity index (χ1v) is 6.54. The molecule has 1 heterocycles. The van der Waals surface area contributed by atoms with Crippen molar-refractivity contribution in [1.82, 2.24) is 4.90 Å². The van der Waals surface area contributed by atoms with Crippen LogP contribution in [0, 0.1) is 10.1 Å². The minimum Gasteiger partial charge on any atom is -0.357 e. The van der Waals surface area contributed by atoms with Gasteiger partial charge < -0.3 is 4.90 Å². The molecule has 0 N–H and O–H groups in total. The average molecular weight is 242 g/mol. The van der Waals surface area contributed by atoms with Crippen LogP contribution in [0.25, 0.3) is 0 Å². The van der Waals surface area contributed by atoms with Gasteiger partial charge in [0, 0.05) is 13.1 Å². The highest BCUT2D eigenvalue weighted by Gasteiger charge is 2.14. The van der Waals surface area contributed by atoms with Crippen LogP contribution in [0.3, 0.4) is 0 Å². The lowest BCUT2D eigenvalue weighted by molar-refractivity contribution is -0.403. The summed E-state index contributed by atoms with van der Waals surface area (Å²) in [5, 5.41) is 13.1. The van der Waals surface area contributed by atoms with E-state index in [1.807, 2.05) is 11.5 Å². The lowest BCUT2D eigenvalue weighted by Gasteiger charge is -2.25. The molecule has 0 radical (unpaired) electrons. The molecule has 0 saturated carbocycles. The molecule has 0 unspecified atom stereocenters. The second-order valence-corrected chi connectivity index (χ2v) is 4.68. The van der Waals surface area contributed by atoms with E-state index >= 15 is 0 Å². The average Bonchev–Trinajstić information content (AvgIpc) is 2.26. The Morgan fingerprint density at radius 1 is 1.56 bits per heavy atom. The zero-order valence-electron chi connectivity index (χ0n) is 9.59. The molecule has 1 rings (SSSR count). The maximum Gasteiger partial charge on any atom is 0.264 e. The van der Waals surface area contributed by atoms with E-state index in [1.165, 1.54) is 31.0 Å². The van der Waals surface area contributed by atoms with Crippen molar-refractivity contribution in [2.45, 2.75) is 32.6 Å².